The number of nitrogens with zero attached hydrogens (tertiary/aromatic N) is 3. The number of allylic oxidation sites excluding steroid dienone is 2. The van der Waals surface area contributed by atoms with Crippen molar-refractivity contribution in [2.45, 2.75) is 19.9 Å². The van der Waals surface area contributed by atoms with E-state index in [1.165, 1.54) is 11.8 Å². The Kier molecular flexibility index (Phi) is 5.44. The Hall–Kier alpha value is -3.70. The first-order valence-electron chi connectivity index (χ1n) is 9.62. The van der Waals surface area contributed by atoms with Crippen LogP contribution in [0.1, 0.15) is 24.1 Å². The predicted octanol–water partition coefficient (Wildman–Crippen LogP) is 4.03. The summed E-state index contributed by atoms with van der Waals surface area (Å²) in [6.07, 6.45) is 0. The van der Waals surface area contributed by atoms with Gasteiger partial charge in [0, 0.05) is 5.69 Å². The van der Waals surface area contributed by atoms with Crippen molar-refractivity contribution in [2.75, 3.05) is 12.4 Å². The predicted molar refractivity (Wildman–Crippen MR) is 122 cm³/mol. The average Bonchev–Trinajstić information content (AvgIpc) is 3.08. The highest BCUT2D eigenvalue weighted by molar-refractivity contribution is 8.17. The number of para-hydroxylation sites is 1. The first-order chi connectivity index (χ1) is 14.9. The van der Waals surface area contributed by atoms with E-state index in [-0.39, 0.29) is 5.91 Å². The summed E-state index contributed by atoms with van der Waals surface area (Å²) in [6, 6.07) is 16.5. The van der Waals surface area contributed by atoms with Gasteiger partial charge < -0.3 is 15.8 Å². The molecule has 0 aromatic heterocycles. The molecule has 0 saturated carbocycles. The van der Waals surface area contributed by atoms with Gasteiger partial charge in [0.25, 0.3) is 5.91 Å². The van der Waals surface area contributed by atoms with Crippen LogP contribution in [0.15, 0.2) is 75.5 Å². The van der Waals surface area contributed by atoms with Crippen molar-refractivity contribution < 1.29 is 9.53 Å². The molecule has 8 heteroatoms. The maximum absolute atomic E-state index is 13.4. The fourth-order valence-corrected chi connectivity index (χ4v) is 4.64. The number of rotatable bonds is 4. The lowest BCUT2D eigenvalue weighted by Crippen LogP contribution is -2.39. The molecule has 31 heavy (non-hydrogen) atoms. The van der Waals surface area contributed by atoms with Crippen LogP contribution in [0.5, 0.6) is 5.75 Å². The molecule has 2 aliphatic rings. The van der Waals surface area contributed by atoms with Gasteiger partial charge >= 0.3 is 0 Å². The van der Waals surface area contributed by atoms with E-state index in [4.69, 9.17) is 10.5 Å². The maximum atomic E-state index is 13.4. The first kappa shape index (κ1) is 20.6. The van der Waals surface area contributed by atoms with Crippen LogP contribution in [0.3, 0.4) is 0 Å². The molecule has 156 valence electrons. The highest BCUT2D eigenvalue weighted by Crippen LogP contribution is 2.46. The summed E-state index contributed by atoms with van der Waals surface area (Å²) in [5.41, 5.74) is 9.90. The monoisotopic (exact) mass is 431 g/mol. The maximum Gasteiger partial charge on any atom is 0.255 e. The standard InChI is InChI=1S/C23H21N5O2S/c1-13-11-16(30-3)9-10-17(13)20-19(22(29)27-15-7-5-4-6-8-15)14(2)26-23-28(20)21(25)18(12-24)31-23/h4-11,20H,25H2,1-3H3,(H,27,29)/t20-/m1/s1. The summed E-state index contributed by atoms with van der Waals surface area (Å²) in [4.78, 5) is 20.2. The van der Waals surface area contributed by atoms with Crippen LogP contribution in [0.4, 0.5) is 5.69 Å². The van der Waals surface area contributed by atoms with E-state index in [2.05, 4.69) is 16.4 Å². The van der Waals surface area contributed by atoms with Crippen LogP contribution in [-0.2, 0) is 4.79 Å². The fraction of sp³-hybridized carbons (Fsp3) is 0.174. The molecular formula is C23H21N5O2S. The smallest absolute Gasteiger partial charge is 0.255 e. The Bertz CT molecular complexity index is 1190. The molecule has 7 nitrogen and oxygen atoms in total. The van der Waals surface area contributed by atoms with Crippen molar-refractivity contribution in [3.05, 3.63) is 81.7 Å². The number of amidine groups is 1. The van der Waals surface area contributed by atoms with Gasteiger partial charge in [0.1, 0.15) is 22.5 Å². The number of aryl methyl sites for hydroxylation is 1. The Morgan fingerprint density at radius 3 is 2.65 bits per heavy atom. The van der Waals surface area contributed by atoms with Gasteiger partial charge in [0.05, 0.1) is 24.4 Å². The Labute approximate surface area is 184 Å². The van der Waals surface area contributed by atoms with Crippen LogP contribution in [-0.4, -0.2) is 23.1 Å². The number of benzene rings is 2. The summed E-state index contributed by atoms with van der Waals surface area (Å²) in [7, 11) is 1.61. The lowest BCUT2D eigenvalue weighted by atomic mass is 9.90. The third-order valence-electron chi connectivity index (χ3n) is 5.23. The number of nitriles is 1. The number of amides is 1. The zero-order valence-corrected chi connectivity index (χ0v) is 18.2. The Morgan fingerprint density at radius 2 is 2.00 bits per heavy atom. The van der Waals surface area contributed by atoms with Crippen LogP contribution in [0, 0.1) is 18.3 Å². The van der Waals surface area contributed by atoms with Crippen molar-refractivity contribution in [3.63, 3.8) is 0 Å². The molecule has 0 unspecified atom stereocenters. The minimum atomic E-state index is -0.527. The number of anilines is 1. The van der Waals surface area contributed by atoms with Gasteiger partial charge in [-0.3, -0.25) is 9.69 Å². The zero-order chi connectivity index (χ0) is 22.1. The molecule has 4 rings (SSSR count). The molecule has 0 spiro atoms. The van der Waals surface area contributed by atoms with E-state index in [1.54, 1.807) is 18.9 Å². The number of methoxy groups -OCH3 is 1. The molecule has 2 aromatic rings. The van der Waals surface area contributed by atoms with Crippen molar-refractivity contribution in [2.24, 2.45) is 10.7 Å². The number of carbonyl (C=O) groups is 1. The van der Waals surface area contributed by atoms with E-state index in [9.17, 15) is 10.1 Å². The third kappa shape index (κ3) is 3.64. The normalized spacial score (nSPS) is 17.8. The van der Waals surface area contributed by atoms with Gasteiger partial charge in [-0.05, 0) is 61.0 Å². The van der Waals surface area contributed by atoms with Crippen molar-refractivity contribution >= 4 is 28.5 Å². The highest BCUT2D eigenvalue weighted by Gasteiger charge is 2.42. The second-order valence-electron chi connectivity index (χ2n) is 7.14. The minimum Gasteiger partial charge on any atom is -0.497 e. The van der Waals surface area contributed by atoms with Crippen LogP contribution >= 0.6 is 11.8 Å². The van der Waals surface area contributed by atoms with E-state index in [0.29, 0.717) is 32.9 Å². The molecule has 3 N–H and O–H groups in total. The number of carbonyl (C=O) groups excluding carboxylic acids is 1. The van der Waals surface area contributed by atoms with Crippen LogP contribution < -0.4 is 15.8 Å². The largest absolute Gasteiger partial charge is 0.497 e. The summed E-state index contributed by atoms with van der Waals surface area (Å²) in [5.74, 6) is 0.748. The lowest BCUT2D eigenvalue weighted by Gasteiger charge is -2.36. The molecule has 0 radical (unpaired) electrons. The molecule has 1 amide bonds. The molecule has 1 atom stereocenters. The first-order valence-corrected chi connectivity index (χ1v) is 10.4. The summed E-state index contributed by atoms with van der Waals surface area (Å²) < 4.78 is 5.34. The quantitative estimate of drug-likeness (QED) is 0.758. The van der Waals surface area contributed by atoms with Gasteiger partial charge in [0.2, 0.25) is 0 Å². The topological polar surface area (TPSA) is 104 Å². The van der Waals surface area contributed by atoms with E-state index < -0.39 is 6.04 Å². The van der Waals surface area contributed by atoms with E-state index >= 15 is 0 Å². The van der Waals surface area contributed by atoms with Crippen molar-refractivity contribution in [1.82, 2.24) is 4.90 Å². The van der Waals surface area contributed by atoms with Crippen molar-refractivity contribution in [1.29, 1.82) is 5.26 Å². The molecule has 0 fully saturated rings. The fourth-order valence-electron chi connectivity index (χ4n) is 3.73. The van der Waals surface area contributed by atoms with Gasteiger partial charge in [-0.2, -0.15) is 5.26 Å². The molecule has 2 heterocycles. The summed E-state index contributed by atoms with van der Waals surface area (Å²) >= 11 is 1.21. The van der Waals surface area contributed by atoms with Gasteiger partial charge in [-0.25, -0.2) is 4.99 Å². The minimum absolute atomic E-state index is 0.269. The molecule has 0 saturated heterocycles. The van der Waals surface area contributed by atoms with Gasteiger partial charge in [-0.15, -0.1) is 0 Å². The second-order valence-corrected chi connectivity index (χ2v) is 8.11. The molecule has 2 aliphatic heterocycles. The number of ether oxygens (including phenoxy) is 1. The summed E-state index contributed by atoms with van der Waals surface area (Å²) in [6.45, 7) is 3.76. The van der Waals surface area contributed by atoms with Gasteiger partial charge in [-0.1, -0.05) is 24.3 Å². The molecule has 0 bridgehead atoms. The van der Waals surface area contributed by atoms with Gasteiger partial charge in [0.15, 0.2) is 5.17 Å². The molecule has 2 aromatic carbocycles. The number of thioether (sulfide) groups is 1. The Balaban J connectivity index is 1.85. The van der Waals surface area contributed by atoms with E-state index in [1.807, 2.05) is 55.5 Å². The molecule has 0 aliphatic carbocycles. The summed E-state index contributed by atoms with van der Waals surface area (Å²) in [5, 5.41) is 13.0. The second kappa shape index (κ2) is 8.20. The zero-order valence-electron chi connectivity index (χ0n) is 17.3. The SMILES string of the molecule is COc1ccc([C@@H]2C(C(=O)Nc3ccccc3)=C(C)N=C3SC(C#N)=C(N)N32)c(C)c1. The number of hydrogen-bond donors (Lipinski definition) is 2. The number of fused-ring (bicyclic) bond motifs is 1. The number of aliphatic imine (C=N–C) groups is 1. The number of nitrogens with one attached hydrogen (secondary N) is 1. The van der Waals surface area contributed by atoms with Crippen molar-refractivity contribution in [3.8, 4) is 11.8 Å². The molecular weight excluding hydrogens is 410 g/mol. The third-order valence-corrected chi connectivity index (χ3v) is 6.20. The lowest BCUT2D eigenvalue weighted by molar-refractivity contribution is -0.113. The van der Waals surface area contributed by atoms with E-state index in [0.717, 1.165) is 16.9 Å². The highest BCUT2D eigenvalue weighted by atomic mass is 32.2. The Morgan fingerprint density at radius 1 is 1.26 bits per heavy atom. The van der Waals surface area contributed by atoms with Crippen LogP contribution in [0.25, 0.3) is 0 Å². The average molecular weight is 432 g/mol. The van der Waals surface area contributed by atoms with Crippen LogP contribution in [0.2, 0.25) is 0 Å². The number of hydrogen-bond acceptors (Lipinski definition) is 7. The number of nitrogens with two attached hydrogens (primary N) is 1.